The van der Waals surface area contributed by atoms with Gasteiger partial charge in [0, 0.05) is 10.4 Å². The van der Waals surface area contributed by atoms with Gasteiger partial charge in [-0.1, -0.05) is 6.07 Å². The fourth-order valence-electron chi connectivity index (χ4n) is 3.75. The molecule has 3 aromatic rings. The van der Waals surface area contributed by atoms with E-state index < -0.39 is 29.6 Å². The lowest BCUT2D eigenvalue weighted by atomic mass is 10.1. The molecule has 2 aromatic carbocycles. The standard InChI is InChI=1S/C24H21FN2O5S/c1-31-20-10-5-15(12-21(20)32-2)23(29)26(14-18-4-3-11-33-18)19-13-22(28)27(24(19)30)17-8-6-16(25)7-9-17/h3-12,19H,13-14H2,1-2H3. The van der Waals surface area contributed by atoms with Gasteiger partial charge in [-0.25, -0.2) is 9.29 Å². The summed E-state index contributed by atoms with van der Waals surface area (Å²) in [6.45, 7) is 0.159. The molecule has 1 aliphatic heterocycles. The number of hydrogen-bond donors (Lipinski definition) is 0. The molecule has 0 saturated carbocycles. The van der Waals surface area contributed by atoms with Gasteiger partial charge in [0.1, 0.15) is 11.9 Å². The van der Waals surface area contributed by atoms with E-state index in [1.165, 1.54) is 54.7 Å². The van der Waals surface area contributed by atoms with Gasteiger partial charge in [-0.3, -0.25) is 14.4 Å². The fraction of sp³-hybridized carbons (Fsp3) is 0.208. The Morgan fingerprint density at radius 2 is 1.82 bits per heavy atom. The molecular weight excluding hydrogens is 447 g/mol. The molecule has 1 unspecified atom stereocenters. The molecule has 0 bridgehead atoms. The minimum atomic E-state index is -0.995. The molecule has 0 N–H and O–H groups in total. The van der Waals surface area contributed by atoms with Gasteiger partial charge in [0.05, 0.1) is 32.9 Å². The van der Waals surface area contributed by atoms with Crippen molar-refractivity contribution in [2.45, 2.75) is 19.0 Å². The van der Waals surface area contributed by atoms with Crippen molar-refractivity contribution < 1.29 is 28.2 Å². The van der Waals surface area contributed by atoms with Crippen molar-refractivity contribution >= 4 is 34.7 Å². The van der Waals surface area contributed by atoms with E-state index in [1.54, 1.807) is 18.2 Å². The first kappa shape index (κ1) is 22.5. The SMILES string of the molecule is COc1ccc(C(=O)N(Cc2cccs2)C2CC(=O)N(c3ccc(F)cc3)C2=O)cc1OC. The number of amides is 3. The third-order valence-corrected chi connectivity index (χ3v) is 6.24. The van der Waals surface area contributed by atoms with Crippen LogP contribution in [0.3, 0.4) is 0 Å². The number of anilines is 1. The quantitative estimate of drug-likeness (QED) is 0.492. The molecule has 4 rings (SSSR count). The molecule has 9 heteroatoms. The monoisotopic (exact) mass is 468 g/mol. The molecule has 7 nitrogen and oxygen atoms in total. The Hall–Kier alpha value is -3.72. The van der Waals surface area contributed by atoms with Crippen molar-refractivity contribution in [1.29, 1.82) is 0 Å². The summed E-state index contributed by atoms with van der Waals surface area (Å²) in [7, 11) is 2.96. The highest BCUT2D eigenvalue weighted by molar-refractivity contribution is 7.09. The van der Waals surface area contributed by atoms with Crippen molar-refractivity contribution in [3.05, 3.63) is 76.2 Å². The topological polar surface area (TPSA) is 76.2 Å². The van der Waals surface area contributed by atoms with E-state index >= 15 is 0 Å². The lowest BCUT2D eigenvalue weighted by Crippen LogP contribution is -2.45. The zero-order valence-corrected chi connectivity index (χ0v) is 18.8. The number of ether oxygens (including phenoxy) is 2. The number of carbonyl (C=O) groups excluding carboxylic acids is 3. The van der Waals surface area contributed by atoms with Crippen LogP contribution in [-0.4, -0.2) is 42.9 Å². The number of thiophene rings is 1. The second-order valence-corrected chi connectivity index (χ2v) is 8.38. The molecule has 1 saturated heterocycles. The summed E-state index contributed by atoms with van der Waals surface area (Å²) in [4.78, 5) is 42.9. The van der Waals surface area contributed by atoms with Crippen LogP contribution in [0.15, 0.2) is 60.0 Å². The van der Waals surface area contributed by atoms with Gasteiger partial charge in [0.15, 0.2) is 11.5 Å². The Labute approximate surface area is 193 Å². The lowest BCUT2D eigenvalue weighted by Gasteiger charge is -2.27. The first-order valence-electron chi connectivity index (χ1n) is 10.1. The van der Waals surface area contributed by atoms with E-state index in [2.05, 4.69) is 0 Å². The number of hydrogen-bond acceptors (Lipinski definition) is 6. The molecule has 1 atom stereocenters. The maximum atomic E-state index is 13.6. The van der Waals surface area contributed by atoms with Crippen LogP contribution in [0.5, 0.6) is 11.5 Å². The molecule has 0 aliphatic carbocycles. The highest BCUT2D eigenvalue weighted by Crippen LogP contribution is 2.31. The van der Waals surface area contributed by atoms with Gasteiger partial charge in [0.2, 0.25) is 5.91 Å². The Balaban J connectivity index is 1.69. The van der Waals surface area contributed by atoms with E-state index in [-0.39, 0.29) is 18.7 Å². The molecule has 0 spiro atoms. The van der Waals surface area contributed by atoms with Gasteiger partial charge < -0.3 is 14.4 Å². The maximum absolute atomic E-state index is 13.6. The second-order valence-electron chi connectivity index (χ2n) is 7.35. The summed E-state index contributed by atoms with van der Waals surface area (Å²) < 4.78 is 23.9. The predicted octanol–water partition coefficient (Wildman–Crippen LogP) is 3.88. The van der Waals surface area contributed by atoms with Crippen LogP contribution >= 0.6 is 11.3 Å². The summed E-state index contributed by atoms with van der Waals surface area (Å²) in [6, 6.07) is 12.6. The van der Waals surface area contributed by atoms with E-state index in [9.17, 15) is 18.8 Å². The second kappa shape index (κ2) is 9.41. The molecule has 0 radical (unpaired) electrons. The van der Waals surface area contributed by atoms with Crippen LogP contribution < -0.4 is 14.4 Å². The largest absolute Gasteiger partial charge is 0.493 e. The summed E-state index contributed by atoms with van der Waals surface area (Å²) in [5, 5.41) is 1.88. The maximum Gasteiger partial charge on any atom is 0.257 e. The van der Waals surface area contributed by atoms with Crippen molar-refractivity contribution in [1.82, 2.24) is 4.90 Å². The highest BCUT2D eigenvalue weighted by atomic mass is 32.1. The van der Waals surface area contributed by atoms with Crippen LogP contribution in [0.25, 0.3) is 0 Å². The summed E-state index contributed by atoms with van der Waals surface area (Å²) in [5.74, 6) is -1.03. The number of benzene rings is 2. The third-order valence-electron chi connectivity index (χ3n) is 5.38. The van der Waals surface area contributed by atoms with Crippen molar-refractivity contribution in [3.8, 4) is 11.5 Å². The number of carbonyl (C=O) groups is 3. The van der Waals surface area contributed by atoms with Crippen molar-refractivity contribution in [3.63, 3.8) is 0 Å². The van der Waals surface area contributed by atoms with Crippen LogP contribution in [0.4, 0.5) is 10.1 Å². The lowest BCUT2D eigenvalue weighted by molar-refractivity contribution is -0.122. The third kappa shape index (κ3) is 4.45. The van der Waals surface area contributed by atoms with Crippen molar-refractivity contribution in [2.75, 3.05) is 19.1 Å². The Bertz CT molecular complexity index is 1180. The normalized spacial score (nSPS) is 15.6. The average molecular weight is 469 g/mol. The van der Waals surface area contributed by atoms with Gasteiger partial charge in [0.25, 0.3) is 11.8 Å². The molecular formula is C24H21FN2O5S. The Morgan fingerprint density at radius 1 is 1.09 bits per heavy atom. The zero-order valence-electron chi connectivity index (χ0n) is 18.0. The average Bonchev–Trinajstić information content (AvgIpc) is 3.44. The van der Waals surface area contributed by atoms with Gasteiger partial charge in [-0.05, 0) is 53.9 Å². The van der Waals surface area contributed by atoms with Crippen LogP contribution in [0, 0.1) is 5.82 Å². The number of halogens is 1. The summed E-state index contributed by atoms with van der Waals surface area (Å²) in [6.07, 6.45) is -0.166. The zero-order chi connectivity index (χ0) is 23.5. The molecule has 3 amide bonds. The minimum Gasteiger partial charge on any atom is -0.493 e. The van der Waals surface area contributed by atoms with E-state index in [4.69, 9.17) is 9.47 Å². The van der Waals surface area contributed by atoms with E-state index in [0.29, 0.717) is 17.1 Å². The van der Waals surface area contributed by atoms with Crippen molar-refractivity contribution in [2.24, 2.45) is 0 Å². The number of nitrogens with zero attached hydrogens (tertiary/aromatic N) is 2. The predicted molar refractivity (Wildman–Crippen MR) is 121 cm³/mol. The Kier molecular flexibility index (Phi) is 6.41. The Morgan fingerprint density at radius 3 is 2.45 bits per heavy atom. The minimum absolute atomic E-state index is 0.159. The van der Waals surface area contributed by atoms with Gasteiger partial charge in [-0.15, -0.1) is 11.3 Å². The van der Waals surface area contributed by atoms with E-state index in [0.717, 1.165) is 9.78 Å². The van der Waals surface area contributed by atoms with Gasteiger partial charge >= 0.3 is 0 Å². The van der Waals surface area contributed by atoms with Crippen LogP contribution in [0.2, 0.25) is 0 Å². The van der Waals surface area contributed by atoms with Crippen LogP contribution in [0.1, 0.15) is 21.7 Å². The number of imide groups is 1. The van der Waals surface area contributed by atoms with Gasteiger partial charge in [-0.2, -0.15) is 0 Å². The molecule has 1 aromatic heterocycles. The fourth-order valence-corrected chi connectivity index (χ4v) is 4.45. The molecule has 33 heavy (non-hydrogen) atoms. The van der Waals surface area contributed by atoms with E-state index in [1.807, 2.05) is 17.5 Å². The first-order chi connectivity index (χ1) is 15.9. The molecule has 1 aliphatic rings. The number of rotatable bonds is 7. The molecule has 1 fully saturated rings. The number of methoxy groups -OCH3 is 2. The smallest absolute Gasteiger partial charge is 0.257 e. The molecule has 170 valence electrons. The highest BCUT2D eigenvalue weighted by Gasteiger charge is 2.44. The molecule has 2 heterocycles. The summed E-state index contributed by atoms with van der Waals surface area (Å²) in [5.41, 5.74) is 0.563. The summed E-state index contributed by atoms with van der Waals surface area (Å²) >= 11 is 1.45. The van der Waals surface area contributed by atoms with Crippen LogP contribution in [-0.2, 0) is 16.1 Å². The first-order valence-corrected chi connectivity index (χ1v) is 11.0.